The van der Waals surface area contributed by atoms with Gasteiger partial charge in [-0.3, -0.25) is 0 Å². The molecule has 3 nitrogen and oxygen atoms in total. The number of methoxy groups -OCH3 is 1. The number of nitrogens with zero attached hydrogens (tertiary/aromatic N) is 2. The molecule has 2 aromatic carbocycles. The second kappa shape index (κ2) is 6.81. The Kier molecular flexibility index (Phi) is 4.84. The van der Waals surface area contributed by atoms with Crippen molar-refractivity contribution in [3.8, 4) is 11.8 Å². The molecule has 0 radical (unpaired) electrons. The summed E-state index contributed by atoms with van der Waals surface area (Å²) in [7, 11) is 3.75. The summed E-state index contributed by atoms with van der Waals surface area (Å²) < 4.78 is 5.41. The normalized spacial score (nSPS) is 11.5. The molecule has 2 rings (SSSR count). The lowest BCUT2D eigenvalue weighted by Crippen LogP contribution is -2.30. The van der Waals surface area contributed by atoms with Crippen LogP contribution in [0.5, 0.6) is 5.75 Å². The van der Waals surface area contributed by atoms with Gasteiger partial charge in [0.2, 0.25) is 0 Å². The molecule has 0 N–H and O–H groups in total. The summed E-state index contributed by atoms with van der Waals surface area (Å²) in [5, 5.41) is 9.00. The van der Waals surface area contributed by atoms with Crippen LogP contribution in [0.15, 0.2) is 48.5 Å². The first kappa shape index (κ1) is 14.9. The maximum Gasteiger partial charge on any atom is 0.122 e. The van der Waals surface area contributed by atoms with E-state index in [-0.39, 0.29) is 0 Å². The van der Waals surface area contributed by atoms with E-state index >= 15 is 0 Å². The molecule has 0 spiro atoms. The van der Waals surface area contributed by atoms with E-state index in [1.807, 2.05) is 42.5 Å². The Morgan fingerprint density at radius 1 is 1.19 bits per heavy atom. The lowest BCUT2D eigenvalue weighted by atomic mass is 10.0. The van der Waals surface area contributed by atoms with Crippen molar-refractivity contribution in [2.75, 3.05) is 19.1 Å². The summed E-state index contributed by atoms with van der Waals surface area (Å²) in [5.74, 6) is 0.920. The van der Waals surface area contributed by atoms with E-state index in [2.05, 4.69) is 31.0 Å². The number of para-hydroxylation sites is 1. The molecule has 0 saturated carbocycles. The fraction of sp³-hybridized carbons (Fsp3) is 0.278. The number of hydrogen-bond acceptors (Lipinski definition) is 3. The summed E-state index contributed by atoms with van der Waals surface area (Å²) >= 11 is 0. The van der Waals surface area contributed by atoms with Gasteiger partial charge in [-0.2, -0.15) is 5.26 Å². The van der Waals surface area contributed by atoms with E-state index in [0.29, 0.717) is 11.6 Å². The molecule has 0 saturated heterocycles. The predicted octanol–water partition coefficient (Wildman–Crippen LogP) is 3.63. The van der Waals surface area contributed by atoms with Gasteiger partial charge >= 0.3 is 0 Å². The van der Waals surface area contributed by atoms with E-state index in [1.165, 1.54) is 5.56 Å². The zero-order valence-corrected chi connectivity index (χ0v) is 12.7. The van der Waals surface area contributed by atoms with Gasteiger partial charge in [-0.25, -0.2) is 0 Å². The number of nitriles is 1. The highest BCUT2D eigenvalue weighted by Crippen LogP contribution is 2.23. The van der Waals surface area contributed by atoms with Crippen molar-refractivity contribution in [2.45, 2.75) is 19.4 Å². The predicted molar refractivity (Wildman–Crippen MR) is 85.7 cm³/mol. The summed E-state index contributed by atoms with van der Waals surface area (Å²) in [6, 6.07) is 18.2. The second-order valence-corrected chi connectivity index (χ2v) is 5.14. The van der Waals surface area contributed by atoms with E-state index < -0.39 is 0 Å². The van der Waals surface area contributed by atoms with Crippen LogP contribution in [0, 0.1) is 11.3 Å². The maximum atomic E-state index is 9.00. The first-order valence-electron chi connectivity index (χ1n) is 7.00. The smallest absolute Gasteiger partial charge is 0.122 e. The largest absolute Gasteiger partial charge is 0.496 e. The van der Waals surface area contributed by atoms with Crippen molar-refractivity contribution >= 4 is 5.69 Å². The molecule has 1 unspecified atom stereocenters. The fourth-order valence-corrected chi connectivity index (χ4v) is 2.38. The molecule has 2 aromatic rings. The van der Waals surface area contributed by atoms with Gasteiger partial charge in [-0.05, 0) is 43.2 Å². The molecule has 0 heterocycles. The molecule has 108 valence electrons. The highest BCUT2D eigenvalue weighted by Gasteiger charge is 2.13. The number of rotatable bonds is 5. The molecule has 0 aliphatic carbocycles. The van der Waals surface area contributed by atoms with Crippen LogP contribution in [-0.2, 0) is 6.42 Å². The van der Waals surface area contributed by atoms with Gasteiger partial charge in [-0.1, -0.05) is 24.3 Å². The summed E-state index contributed by atoms with van der Waals surface area (Å²) in [6.45, 7) is 2.17. The van der Waals surface area contributed by atoms with Gasteiger partial charge < -0.3 is 9.64 Å². The molecule has 0 aromatic heterocycles. The van der Waals surface area contributed by atoms with Crippen LogP contribution in [0.2, 0.25) is 0 Å². The zero-order chi connectivity index (χ0) is 15.2. The van der Waals surface area contributed by atoms with Crippen molar-refractivity contribution in [2.24, 2.45) is 0 Å². The fourth-order valence-electron chi connectivity index (χ4n) is 2.38. The van der Waals surface area contributed by atoms with Crippen molar-refractivity contribution < 1.29 is 4.74 Å². The van der Waals surface area contributed by atoms with Crippen LogP contribution in [0.4, 0.5) is 5.69 Å². The van der Waals surface area contributed by atoms with Crippen LogP contribution in [0.3, 0.4) is 0 Å². The van der Waals surface area contributed by atoms with E-state index in [1.54, 1.807) is 7.11 Å². The number of likely N-dealkylation sites (N-methyl/N-ethyl adjacent to an activating group) is 1. The minimum atomic E-state index is 0.301. The van der Waals surface area contributed by atoms with E-state index in [0.717, 1.165) is 17.9 Å². The third kappa shape index (κ3) is 3.55. The van der Waals surface area contributed by atoms with Crippen molar-refractivity contribution in [1.82, 2.24) is 0 Å². The molecule has 0 amide bonds. The lowest BCUT2D eigenvalue weighted by Gasteiger charge is -2.27. The Morgan fingerprint density at radius 3 is 2.67 bits per heavy atom. The lowest BCUT2D eigenvalue weighted by molar-refractivity contribution is 0.408. The first-order chi connectivity index (χ1) is 10.2. The zero-order valence-electron chi connectivity index (χ0n) is 12.7. The Labute approximate surface area is 126 Å². The van der Waals surface area contributed by atoms with Crippen LogP contribution < -0.4 is 9.64 Å². The number of benzene rings is 2. The quantitative estimate of drug-likeness (QED) is 0.839. The minimum absolute atomic E-state index is 0.301. The summed E-state index contributed by atoms with van der Waals surface area (Å²) in [6.07, 6.45) is 0.886. The second-order valence-electron chi connectivity index (χ2n) is 5.14. The number of anilines is 1. The standard InChI is InChI=1S/C18H20N2O/c1-14(11-16-8-4-5-10-18(16)21-3)20(2)17-9-6-7-15(12-17)13-19/h4-10,12,14H,11H2,1-3H3. The van der Waals surface area contributed by atoms with Gasteiger partial charge in [0.05, 0.1) is 18.7 Å². The highest BCUT2D eigenvalue weighted by atomic mass is 16.5. The van der Waals surface area contributed by atoms with Gasteiger partial charge in [0, 0.05) is 18.8 Å². The van der Waals surface area contributed by atoms with Crippen LogP contribution in [0.1, 0.15) is 18.1 Å². The molecule has 1 atom stereocenters. The number of hydrogen-bond donors (Lipinski definition) is 0. The van der Waals surface area contributed by atoms with Crippen LogP contribution in [0.25, 0.3) is 0 Å². The molecular weight excluding hydrogens is 260 g/mol. The topological polar surface area (TPSA) is 36.3 Å². The summed E-state index contributed by atoms with van der Waals surface area (Å²) in [5.41, 5.74) is 2.93. The number of ether oxygens (including phenoxy) is 1. The van der Waals surface area contributed by atoms with Crippen molar-refractivity contribution in [3.05, 3.63) is 59.7 Å². The van der Waals surface area contributed by atoms with Gasteiger partial charge in [0.1, 0.15) is 5.75 Å². The average molecular weight is 280 g/mol. The molecule has 21 heavy (non-hydrogen) atoms. The van der Waals surface area contributed by atoms with Gasteiger partial charge in [-0.15, -0.1) is 0 Å². The molecular formula is C18H20N2O. The first-order valence-corrected chi connectivity index (χ1v) is 7.00. The van der Waals surface area contributed by atoms with Crippen molar-refractivity contribution in [3.63, 3.8) is 0 Å². The molecule has 0 fully saturated rings. The SMILES string of the molecule is COc1ccccc1CC(C)N(C)c1cccc(C#N)c1. The molecule has 0 aliphatic heterocycles. The maximum absolute atomic E-state index is 9.00. The van der Waals surface area contributed by atoms with E-state index in [4.69, 9.17) is 10.00 Å². The minimum Gasteiger partial charge on any atom is -0.496 e. The molecule has 3 heteroatoms. The third-order valence-electron chi connectivity index (χ3n) is 3.75. The Hall–Kier alpha value is -2.47. The van der Waals surface area contributed by atoms with Crippen LogP contribution >= 0.6 is 0 Å². The average Bonchev–Trinajstić information content (AvgIpc) is 2.54. The molecule has 0 aliphatic rings. The monoisotopic (exact) mass is 280 g/mol. The Morgan fingerprint density at radius 2 is 1.95 bits per heavy atom. The molecule has 0 bridgehead atoms. The summed E-state index contributed by atoms with van der Waals surface area (Å²) in [4.78, 5) is 2.19. The Bertz CT molecular complexity index is 646. The van der Waals surface area contributed by atoms with Crippen molar-refractivity contribution in [1.29, 1.82) is 5.26 Å². The highest BCUT2D eigenvalue weighted by molar-refractivity contribution is 5.52. The van der Waals surface area contributed by atoms with Crippen LogP contribution in [-0.4, -0.2) is 20.2 Å². The van der Waals surface area contributed by atoms with E-state index in [9.17, 15) is 0 Å². The van der Waals surface area contributed by atoms with Gasteiger partial charge in [0.25, 0.3) is 0 Å². The third-order valence-corrected chi connectivity index (χ3v) is 3.75. The van der Waals surface area contributed by atoms with Gasteiger partial charge in [0.15, 0.2) is 0 Å². The Balaban J connectivity index is 2.15.